The van der Waals surface area contributed by atoms with Gasteiger partial charge in [-0.25, -0.2) is 4.79 Å². The summed E-state index contributed by atoms with van der Waals surface area (Å²) in [5.41, 5.74) is 0.174. The molecule has 0 aromatic heterocycles. The molecule has 0 amide bonds. The van der Waals surface area contributed by atoms with E-state index in [0.717, 1.165) is 0 Å². The molecule has 0 aliphatic carbocycles. The van der Waals surface area contributed by atoms with Gasteiger partial charge in [-0.05, 0) is 12.0 Å². The predicted molar refractivity (Wildman–Crippen MR) is 75.5 cm³/mol. The van der Waals surface area contributed by atoms with Crippen LogP contribution in [0.2, 0.25) is 0 Å². The van der Waals surface area contributed by atoms with E-state index in [-0.39, 0.29) is 22.9 Å². The monoisotopic (exact) mass is 330 g/mol. The summed E-state index contributed by atoms with van der Waals surface area (Å²) in [4.78, 5) is 22.2. The van der Waals surface area contributed by atoms with Crippen molar-refractivity contribution in [1.29, 1.82) is 0 Å². The van der Waals surface area contributed by atoms with Crippen LogP contribution in [0, 0.1) is 16.0 Å². The zero-order valence-corrected chi connectivity index (χ0v) is 12.5. The molecule has 0 fully saturated rings. The number of nitrogens with one attached hydrogen (secondary N) is 1. The van der Waals surface area contributed by atoms with Crippen LogP contribution in [0.25, 0.3) is 0 Å². The van der Waals surface area contributed by atoms with Gasteiger partial charge >= 0.3 is 5.97 Å². The summed E-state index contributed by atoms with van der Waals surface area (Å²) in [5, 5.41) is 14.0. The Balaban J connectivity index is 3.34. The fraction of sp³-hybridized carbons (Fsp3) is 0.417. The number of benzene rings is 1. The van der Waals surface area contributed by atoms with Crippen LogP contribution in [-0.4, -0.2) is 24.5 Å². The molecule has 0 aliphatic heterocycles. The Hall–Kier alpha value is -1.63. The molecule has 0 aliphatic rings. The number of halogens is 1. The molecule has 1 aromatic rings. The smallest absolute Gasteiger partial charge is 0.340 e. The third-order valence-corrected chi connectivity index (χ3v) is 2.83. The average molecular weight is 331 g/mol. The van der Waals surface area contributed by atoms with Crippen LogP contribution >= 0.6 is 15.9 Å². The average Bonchev–Trinajstić information content (AvgIpc) is 2.34. The van der Waals surface area contributed by atoms with Gasteiger partial charge in [-0.2, -0.15) is 0 Å². The van der Waals surface area contributed by atoms with Crippen LogP contribution in [0.5, 0.6) is 0 Å². The highest BCUT2D eigenvalue weighted by molar-refractivity contribution is 9.10. The zero-order valence-electron chi connectivity index (χ0n) is 10.9. The molecule has 0 saturated heterocycles. The fourth-order valence-corrected chi connectivity index (χ4v) is 1.95. The first-order valence-corrected chi connectivity index (χ1v) is 6.46. The number of nitro groups is 1. The largest absolute Gasteiger partial charge is 0.465 e. The highest BCUT2D eigenvalue weighted by Gasteiger charge is 2.23. The summed E-state index contributed by atoms with van der Waals surface area (Å²) in [6.45, 7) is 4.46. The summed E-state index contributed by atoms with van der Waals surface area (Å²) >= 11 is 3.15. The minimum atomic E-state index is -0.615. The summed E-state index contributed by atoms with van der Waals surface area (Å²) in [7, 11) is 1.24. The molecule has 19 heavy (non-hydrogen) atoms. The number of ether oxygens (including phenoxy) is 1. The van der Waals surface area contributed by atoms with E-state index in [1.54, 1.807) is 0 Å². The van der Waals surface area contributed by atoms with Crippen LogP contribution in [0.4, 0.5) is 11.4 Å². The van der Waals surface area contributed by atoms with E-state index >= 15 is 0 Å². The van der Waals surface area contributed by atoms with E-state index in [1.165, 1.54) is 19.2 Å². The number of methoxy groups -OCH3 is 1. The maximum atomic E-state index is 11.7. The summed E-state index contributed by atoms with van der Waals surface area (Å²) in [6.07, 6.45) is 0. The topological polar surface area (TPSA) is 81.5 Å². The first-order valence-electron chi connectivity index (χ1n) is 5.67. The van der Waals surface area contributed by atoms with E-state index in [0.29, 0.717) is 11.0 Å². The Morgan fingerprint density at radius 1 is 1.53 bits per heavy atom. The number of hydrogen-bond acceptors (Lipinski definition) is 5. The maximum absolute atomic E-state index is 11.7. The van der Waals surface area contributed by atoms with Crippen molar-refractivity contribution < 1.29 is 14.5 Å². The lowest BCUT2D eigenvalue weighted by atomic mass is 10.1. The molecule has 0 bridgehead atoms. The zero-order chi connectivity index (χ0) is 14.6. The molecule has 1 aromatic carbocycles. The first kappa shape index (κ1) is 15.4. The van der Waals surface area contributed by atoms with Crippen molar-refractivity contribution in [2.45, 2.75) is 13.8 Å². The number of rotatable bonds is 5. The van der Waals surface area contributed by atoms with Crippen molar-refractivity contribution in [1.82, 2.24) is 0 Å². The lowest BCUT2D eigenvalue weighted by Gasteiger charge is -2.13. The Bertz CT molecular complexity index is 503. The third-order valence-electron chi connectivity index (χ3n) is 2.37. The van der Waals surface area contributed by atoms with Gasteiger partial charge in [-0.15, -0.1) is 0 Å². The summed E-state index contributed by atoms with van der Waals surface area (Å²) in [5.74, 6) is -0.329. The molecule has 104 valence electrons. The van der Waals surface area contributed by atoms with Crippen LogP contribution in [0.3, 0.4) is 0 Å². The van der Waals surface area contributed by atoms with Crippen molar-refractivity contribution in [2.75, 3.05) is 19.0 Å². The second-order valence-electron chi connectivity index (χ2n) is 4.37. The highest BCUT2D eigenvalue weighted by Crippen LogP contribution is 2.33. The Morgan fingerprint density at radius 2 is 2.16 bits per heavy atom. The first-order chi connectivity index (χ1) is 8.86. The minimum absolute atomic E-state index is 0.143. The lowest BCUT2D eigenvalue weighted by molar-refractivity contribution is -0.384. The molecule has 0 heterocycles. The molecule has 0 spiro atoms. The highest BCUT2D eigenvalue weighted by atomic mass is 79.9. The van der Waals surface area contributed by atoms with E-state index in [1.807, 2.05) is 13.8 Å². The normalized spacial score (nSPS) is 10.4. The summed E-state index contributed by atoms with van der Waals surface area (Å²) < 4.78 is 5.10. The number of esters is 1. The molecule has 0 saturated carbocycles. The number of carbonyl (C=O) groups is 1. The second-order valence-corrected chi connectivity index (χ2v) is 5.29. The lowest BCUT2D eigenvalue weighted by Crippen LogP contribution is -2.14. The van der Waals surface area contributed by atoms with Gasteiger partial charge in [0.05, 0.1) is 17.6 Å². The van der Waals surface area contributed by atoms with Crippen molar-refractivity contribution in [3.8, 4) is 0 Å². The Kier molecular flexibility index (Phi) is 5.29. The molecular formula is C12H15BrN2O4. The Labute approximate surface area is 119 Å². The van der Waals surface area contributed by atoms with Gasteiger partial charge in [0.15, 0.2) is 0 Å². The number of carbonyl (C=O) groups excluding carboxylic acids is 1. The molecular weight excluding hydrogens is 316 g/mol. The molecule has 1 N–H and O–H groups in total. The van der Waals surface area contributed by atoms with Gasteiger partial charge in [0.2, 0.25) is 0 Å². The third kappa shape index (κ3) is 3.92. The maximum Gasteiger partial charge on any atom is 0.340 e. The van der Waals surface area contributed by atoms with Crippen molar-refractivity contribution >= 4 is 33.3 Å². The van der Waals surface area contributed by atoms with E-state index in [4.69, 9.17) is 0 Å². The van der Waals surface area contributed by atoms with Crippen LogP contribution in [0.1, 0.15) is 24.2 Å². The number of nitrogens with zero attached hydrogens (tertiary/aromatic N) is 1. The van der Waals surface area contributed by atoms with Gasteiger partial charge in [0.1, 0.15) is 5.69 Å². The van der Waals surface area contributed by atoms with Gasteiger partial charge < -0.3 is 10.1 Å². The number of nitro benzene ring substituents is 1. The van der Waals surface area contributed by atoms with Crippen molar-refractivity contribution in [2.24, 2.45) is 5.92 Å². The quantitative estimate of drug-likeness (QED) is 0.509. The Morgan fingerprint density at radius 3 is 2.63 bits per heavy atom. The van der Waals surface area contributed by atoms with E-state index < -0.39 is 10.9 Å². The van der Waals surface area contributed by atoms with E-state index in [9.17, 15) is 14.9 Å². The molecule has 0 atom stereocenters. The predicted octanol–water partition coefficient (Wildman–Crippen LogP) is 3.21. The fourth-order valence-electron chi connectivity index (χ4n) is 1.50. The number of hydrogen-bond donors (Lipinski definition) is 1. The van der Waals surface area contributed by atoms with Crippen LogP contribution in [0.15, 0.2) is 16.6 Å². The van der Waals surface area contributed by atoms with Crippen LogP contribution < -0.4 is 5.32 Å². The van der Waals surface area contributed by atoms with Gasteiger partial charge in [-0.3, -0.25) is 10.1 Å². The second kappa shape index (κ2) is 6.51. The minimum Gasteiger partial charge on any atom is -0.465 e. The van der Waals surface area contributed by atoms with Gasteiger partial charge in [0, 0.05) is 17.1 Å². The SMILES string of the molecule is COC(=O)c1cc(Br)cc([N+](=O)[O-])c1NCC(C)C. The number of anilines is 1. The molecule has 1 rings (SSSR count). The van der Waals surface area contributed by atoms with E-state index in [2.05, 4.69) is 26.0 Å². The van der Waals surface area contributed by atoms with Gasteiger partial charge in [-0.1, -0.05) is 29.8 Å². The van der Waals surface area contributed by atoms with Crippen molar-refractivity contribution in [3.63, 3.8) is 0 Å². The van der Waals surface area contributed by atoms with Crippen LogP contribution in [-0.2, 0) is 4.74 Å². The summed E-state index contributed by atoms with van der Waals surface area (Å²) in [6, 6.07) is 2.86. The van der Waals surface area contributed by atoms with Gasteiger partial charge in [0.25, 0.3) is 5.69 Å². The molecule has 0 unspecified atom stereocenters. The molecule has 0 radical (unpaired) electrons. The van der Waals surface area contributed by atoms with Crippen molar-refractivity contribution in [3.05, 3.63) is 32.3 Å². The molecule has 6 nitrogen and oxygen atoms in total. The molecule has 7 heteroatoms. The standard InChI is InChI=1S/C12H15BrN2O4/c1-7(2)6-14-11-9(12(16)19-3)4-8(13)5-10(11)15(17)18/h4-5,7,14H,6H2,1-3H3.